The average molecular weight is 256 g/mol. The van der Waals surface area contributed by atoms with Gasteiger partial charge >= 0.3 is 0 Å². The van der Waals surface area contributed by atoms with Crippen LogP contribution < -0.4 is 5.73 Å². The predicted octanol–water partition coefficient (Wildman–Crippen LogP) is 2.85. The Hall–Kier alpha value is -1.68. The Labute approximate surface area is 113 Å². The molecule has 1 heterocycles. The summed E-state index contributed by atoms with van der Waals surface area (Å²) >= 11 is 0. The first-order valence-electron chi connectivity index (χ1n) is 7.08. The smallest absolute Gasteiger partial charge is 0.100 e. The van der Waals surface area contributed by atoms with Crippen LogP contribution in [-0.2, 0) is 0 Å². The fourth-order valence-electron chi connectivity index (χ4n) is 2.85. The summed E-state index contributed by atoms with van der Waals surface area (Å²) in [5.41, 5.74) is 8.23. The first-order chi connectivity index (χ1) is 9.34. The SMILES string of the molecule is NC(c1cnn(-c2ccccc2)n1)C1CCCCC1. The van der Waals surface area contributed by atoms with Crippen LogP contribution in [0.1, 0.15) is 43.8 Å². The molecule has 1 aliphatic carbocycles. The maximum Gasteiger partial charge on any atom is 0.100 e. The van der Waals surface area contributed by atoms with E-state index in [0.29, 0.717) is 5.92 Å². The highest BCUT2D eigenvalue weighted by Gasteiger charge is 2.24. The third-order valence-corrected chi connectivity index (χ3v) is 4.00. The summed E-state index contributed by atoms with van der Waals surface area (Å²) in [5, 5.41) is 8.86. The van der Waals surface area contributed by atoms with Crippen molar-refractivity contribution in [3.05, 3.63) is 42.2 Å². The van der Waals surface area contributed by atoms with E-state index >= 15 is 0 Å². The molecule has 0 spiro atoms. The van der Waals surface area contributed by atoms with Crippen molar-refractivity contribution < 1.29 is 0 Å². The Morgan fingerprint density at radius 3 is 2.58 bits per heavy atom. The summed E-state index contributed by atoms with van der Waals surface area (Å²) in [7, 11) is 0. The van der Waals surface area contributed by atoms with Crippen molar-refractivity contribution in [3.63, 3.8) is 0 Å². The van der Waals surface area contributed by atoms with E-state index in [-0.39, 0.29) is 6.04 Å². The Balaban J connectivity index is 1.77. The molecule has 100 valence electrons. The number of para-hydroxylation sites is 1. The van der Waals surface area contributed by atoms with Crippen LogP contribution in [0.25, 0.3) is 5.69 Å². The summed E-state index contributed by atoms with van der Waals surface area (Å²) in [6.45, 7) is 0. The van der Waals surface area contributed by atoms with Crippen LogP contribution in [0.15, 0.2) is 36.5 Å². The van der Waals surface area contributed by atoms with Crippen molar-refractivity contribution in [1.29, 1.82) is 0 Å². The molecule has 1 saturated carbocycles. The van der Waals surface area contributed by atoms with Crippen molar-refractivity contribution in [3.8, 4) is 5.69 Å². The Morgan fingerprint density at radius 1 is 1.11 bits per heavy atom. The van der Waals surface area contributed by atoms with Gasteiger partial charge in [-0.1, -0.05) is 37.5 Å². The summed E-state index contributed by atoms with van der Waals surface area (Å²) in [6, 6.07) is 9.98. The highest BCUT2D eigenvalue weighted by atomic mass is 15.5. The van der Waals surface area contributed by atoms with Gasteiger partial charge in [0, 0.05) is 0 Å². The van der Waals surface area contributed by atoms with E-state index in [4.69, 9.17) is 5.73 Å². The molecule has 0 radical (unpaired) electrons. The van der Waals surface area contributed by atoms with Gasteiger partial charge in [-0.05, 0) is 30.9 Å². The zero-order chi connectivity index (χ0) is 13.1. The van der Waals surface area contributed by atoms with Gasteiger partial charge in [0.15, 0.2) is 0 Å². The van der Waals surface area contributed by atoms with Crippen LogP contribution in [0, 0.1) is 5.92 Å². The minimum Gasteiger partial charge on any atom is -0.322 e. The van der Waals surface area contributed by atoms with Crippen LogP contribution in [0.3, 0.4) is 0 Å². The lowest BCUT2D eigenvalue weighted by Crippen LogP contribution is -2.24. The molecule has 4 heteroatoms. The first kappa shape index (κ1) is 12.4. The molecular weight excluding hydrogens is 236 g/mol. The van der Waals surface area contributed by atoms with Gasteiger partial charge in [-0.3, -0.25) is 0 Å². The van der Waals surface area contributed by atoms with E-state index in [1.165, 1.54) is 32.1 Å². The Bertz CT molecular complexity index is 514. The van der Waals surface area contributed by atoms with Gasteiger partial charge in [0.1, 0.15) is 5.69 Å². The number of rotatable bonds is 3. The lowest BCUT2D eigenvalue weighted by molar-refractivity contribution is 0.304. The molecule has 1 aliphatic rings. The second kappa shape index (κ2) is 5.53. The fraction of sp³-hybridized carbons (Fsp3) is 0.467. The molecule has 1 aromatic carbocycles. The quantitative estimate of drug-likeness (QED) is 0.918. The normalized spacial score (nSPS) is 18.4. The van der Waals surface area contributed by atoms with E-state index in [1.54, 1.807) is 4.80 Å². The summed E-state index contributed by atoms with van der Waals surface area (Å²) in [4.78, 5) is 1.66. The highest BCUT2D eigenvalue weighted by molar-refractivity contribution is 5.28. The van der Waals surface area contributed by atoms with E-state index in [2.05, 4.69) is 10.2 Å². The van der Waals surface area contributed by atoms with Crippen molar-refractivity contribution in [2.24, 2.45) is 11.7 Å². The van der Waals surface area contributed by atoms with Gasteiger partial charge in [0.05, 0.1) is 17.9 Å². The topological polar surface area (TPSA) is 56.7 Å². The van der Waals surface area contributed by atoms with E-state index in [0.717, 1.165) is 11.4 Å². The monoisotopic (exact) mass is 256 g/mol. The lowest BCUT2D eigenvalue weighted by atomic mass is 9.83. The van der Waals surface area contributed by atoms with Gasteiger partial charge in [-0.2, -0.15) is 15.0 Å². The number of benzene rings is 1. The fourth-order valence-corrected chi connectivity index (χ4v) is 2.85. The number of nitrogens with two attached hydrogens (primary N) is 1. The number of nitrogens with zero attached hydrogens (tertiary/aromatic N) is 3. The van der Waals surface area contributed by atoms with Crippen molar-refractivity contribution in [1.82, 2.24) is 15.0 Å². The van der Waals surface area contributed by atoms with E-state index in [9.17, 15) is 0 Å². The number of hydrogen-bond acceptors (Lipinski definition) is 3. The largest absolute Gasteiger partial charge is 0.322 e. The third kappa shape index (κ3) is 2.68. The molecule has 2 aromatic rings. The van der Waals surface area contributed by atoms with Crippen LogP contribution in [0.5, 0.6) is 0 Å². The Morgan fingerprint density at radius 2 is 1.84 bits per heavy atom. The van der Waals surface area contributed by atoms with Crippen LogP contribution in [0.2, 0.25) is 0 Å². The second-order valence-electron chi connectivity index (χ2n) is 5.32. The predicted molar refractivity (Wildman–Crippen MR) is 74.9 cm³/mol. The molecule has 4 nitrogen and oxygen atoms in total. The summed E-state index contributed by atoms with van der Waals surface area (Å²) in [5.74, 6) is 0.565. The van der Waals surface area contributed by atoms with Crippen LogP contribution >= 0.6 is 0 Å². The second-order valence-corrected chi connectivity index (χ2v) is 5.32. The number of aromatic nitrogens is 3. The van der Waals surface area contributed by atoms with Crippen molar-refractivity contribution in [2.75, 3.05) is 0 Å². The average Bonchev–Trinajstić information content (AvgIpc) is 2.98. The molecule has 1 aromatic heterocycles. The molecule has 3 rings (SSSR count). The molecular formula is C15H20N4. The van der Waals surface area contributed by atoms with Gasteiger partial charge in [-0.15, -0.1) is 0 Å². The molecule has 0 bridgehead atoms. The molecule has 0 aliphatic heterocycles. The maximum absolute atomic E-state index is 6.35. The maximum atomic E-state index is 6.35. The lowest BCUT2D eigenvalue weighted by Gasteiger charge is -2.25. The molecule has 1 atom stereocenters. The van der Waals surface area contributed by atoms with Crippen LogP contribution in [-0.4, -0.2) is 15.0 Å². The van der Waals surface area contributed by atoms with Crippen molar-refractivity contribution >= 4 is 0 Å². The molecule has 1 unspecified atom stereocenters. The van der Waals surface area contributed by atoms with E-state index < -0.39 is 0 Å². The third-order valence-electron chi connectivity index (χ3n) is 4.00. The molecule has 2 N–H and O–H groups in total. The highest BCUT2D eigenvalue weighted by Crippen LogP contribution is 2.31. The molecule has 1 fully saturated rings. The zero-order valence-corrected chi connectivity index (χ0v) is 11.1. The zero-order valence-electron chi connectivity index (χ0n) is 11.1. The van der Waals surface area contributed by atoms with Crippen LogP contribution in [0.4, 0.5) is 0 Å². The van der Waals surface area contributed by atoms with Gasteiger partial charge < -0.3 is 5.73 Å². The molecule has 19 heavy (non-hydrogen) atoms. The van der Waals surface area contributed by atoms with Gasteiger partial charge in [0.2, 0.25) is 0 Å². The van der Waals surface area contributed by atoms with Crippen molar-refractivity contribution in [2.45, 2.75) is 38.1 Å². The first-order valence-corrected chi connectivity index (χ1v) is 7.08. The summed E-state index contributed by atoms with van der Waals surface area (Å²) in [6.07, 6.45) is 8.20. The Kier molecular flexibility index (Phi) is 3.60. The number of hydrogen-bond donors (Lipinski definition) is 1. The molecule has 0 saturated heterocycles. The van der Waals surface area contributed by atoms with Gasteiger partial charge in [-0.25, -0.2) is 0 Å². The summed E-state index contributed by atoms with van der Waals surface area (Å²) < 4.78 is 0. The standard InChI is InChI=1S/C15H20N4/c16-15(12-7-3-1-4-8-12)14-11-17-19(18-14)13-9-5-2-6-10-13/h2,5-6,9-12,15H,1,3-4,7-8,16H2. The van der Waals surface area contributed by atoms with E-state index in [1.807, 2.05) is 36.5 Å². The minimum absolute atomic E-state index is 0.0257. The minimum atomic E-state index is 0.0257. The molecule has 0 amide bonds. The van der Waals surface area contributed by atoms with Gasteiger partial charge in [0.25, 0.3) is 0 Å².